The molecule has 0 rings (SSSR count). The van der Waals surface area contributed by atoms with E-state index in [2.05, 4.69) is 39.5 Å². The van der Waals surface area contributed by atoms with Crippen LogP contribution in [0.3, 0.4) is 0 Å². The second-order valence-corrected chi connectivity index (χ2v) is 7.70. The number of nitrogens with zero attached hydrogens (tertiary/aromatic N) is 1. The Morgan fingerprint density at radius 2 is 0.870 bits per heavy atom. The molecule has 0 spiro atoms. The molecule has 23 heavy (non-hydrogen) atoms. The summed E-state index contributed by atoms with van der Waals surface area (Å²) in [6, 6.07) is 0. The van der Waals surface area contributed by atoms with E-state index in [1.54, 1.807) is 0 Å². The van der Waals surface area contributed by atoms with E-state index < -0.39 is 0 Å². The van der Waals surface area contributed by atoms with Gasteiger partial charge in [0.25, 0.3) is 0 Å². The predicted octanol–water partition coefficient (Wildman–Crippen LogP) is 7.59. The van der Waals surface area contributed by atoms with Gasteiger partial charge in [-0.05, 0) is 32.9 Å². The van der Waals surface area contributed by atoms with Crippen molar-refractivity contribution in [2.24, 2.45) is 0 Å². The minimum atomic E-state index is 0.443. The van der Waals surface area contributed by atoms with Crippen LogP contribution >= 0.6 is 0 Å². The maximum absolute atomic E-state index is 2.73. The summed E-state index contributed by atoms with van der Waals surface area (Å²) in [5.74, 6) is 0. The minimum absolute atomic E-state index is 0.443. The number of hydrogen-bond acceptors (Lipinski definition) is 1. The highest BCUT2D eigenvalue weighted by Crippen LogP contribution is 2.29. The van der Waals surface area contributed by atoms with Gasteiger partial charge in [-0.15, -0.1) is 0 Å². The first-order chi connectivity index (χ1) is 11.1. The van der Waals surface area contributed by atoms with E-state index in [0.29, 0.717) is 5.54 Å². The van der Waals surface area contributed by atoms with E-state index in [9.17, 15) is 0 Å². The van der Waals surface area contributed by atoms with Crippen molar-refractivity contribution < 1.29 is 0 Å². The van der Waals surface area contributed by atoms with Crippen LogP contribution in [0.1, 0.15) is 125 Å². The summed E-state index contributed by atoms with van der Waals surface area (Å²) in [5.41, 5.74) is 0.443. The van der Waals surface area contributed by atoms with Gasteiger partial charge in [-0.25, -0.2) is 0 Å². The highest BCUT2D eigenvalue weighted by atomic mass is 15.2. The quantitative estimate of drug-likeness (QED) is 0.249. The summed E-state index contributed by atoms with van der Waals surface area (Å²) in [7, 11) is 0. The zero-order valence-electron chi connectivity index (χ0n) is 17.3. The monoisotopic (exact) mass is 325 g/mol. The van der Waals surface area contributed by atoms with Gasteiger partial charge in [-0.1, -0.05) is 105 Å². The van der Waals surface area contributed by atoms with Gasteiger partial charge in [0.2, 0.25) is 0 Å². The fourth-order valence-corrected chi connectivity index (χ4v) is 4.00. The SMILES string of the molecule is CCCCCCCCC(C)(CCCCCCCC)N(CC)CC. The zero-order valence-corrected chi connectivity index (χ0v) is 17.3. The second-order valence-electron chi connectivity index (χ2n) is 7.70. The third kappa shape index (κ3) is 11.2. The molecule has 0 heterocycles. The molecule has 0 fully saturated rings. The molecule has 0 aliphatic rings. The standard InChI is InChI=1S/C22H47N/c1-6-10-12-14-16-18-20-22(5,23(8-3)9-4)21-19-17-15-13-11-7-2/h6-21H2,1-5H3. The third-order valence-electron chi connectivity index (χ3n) is 5.66. The number of unbranched alkanes of at least 4 members (excludes halogenated alkanes) is 10. The largest absolute Gasteiger partial charge is 0.298 e. The molecule has 0 aromatic carbocycles. The molecule has 0 amide bonds. The molecule has 0 bridgehead atoms. The van der Waals surface area contributed by atoms with Gasteiger partial charge < -0.3 is 0 Å². The van der Waals surface area contributed by atoms with Crippen LogP contribution in [-0.4, -0.2) is 23.5 Å². The van der Waals surface area contributed by atoms with Crippen molar-refractivity contribution in [1.29, 1.82) is 0 Å². The van der Waals surface area contributed by atoms with Crippen LogP contribution in [0.2, 0.25) is 0 Å². The summed E-state index contributed by atoms with van der Waals surface area (Å²) in [4.78, 5) is 2.73. The molecule has 140 valence electrons. The van der Waals surface area contributed by atoms with E-state index in [1.165, 1.54) is 103 Å². The van der Waals surface area contributed by atoms with Crippen LogP contribution in [0.15, 0.2) is 0 Å². The van der Waals surface area contributed by atoms with E-state index in [1.807, 2.05) is 0 Å². The lowest BCUT2D eigenvalue weighted by Crippen LogP contribution is -2.46. The van der Waals surface area contributed by atoms with Crippen LogP contribution in [0, 0.1) is 0 Å². The minimum Gasteiger partial charge on any atom is -0.298 e. The molecule has 1 heteroatoms. The van der Waals surface area contributed by atoms with Crippen molar-refractivity contribution >= 4 is 0 Å². The van der Waals surface area contributed by atoms with E-state index in [4.69, 9.17) is 0 Å². The molecule has 0 aromatic heterocycles. The van der Waals surface area contributed by atoms with Gasteiger partial charge in [-0.2, -0.15) is 0 Å². The fraction of sp³-hybridized carbons (Fsp3) is 1.00. The Bertz CT molecular complexity index is 216. The zero-order chi connectivity index (χ0) is 17.4. The van der Waals surface area contributed by atoms with Crippen LogP contribution in [0.25, 0.3) is 0 Å². The van der Waals surface area contributed by atoms with Crippen LogP contribution in [0.4, 0.5) is 0 Å². The Hall–Kier alpha value is -0.0400. The normalized spacial score (nSPS) is 12.3. The average molecular weight is 326 g/mol. The summed E-state index contributed by atoms with van der Waals surface area (Å²) < 4.78 is 0. The molecular weight excluding hydrogens is 278 g/mol. The van der Waals surface area contributed by atoms with Crippen molar-refractivity contribution in [2.45, 2.75) is 130 Å². The van der Waals surface area contributed by atoms with Crippen molar-refractivity contribution in [3.05, 3.63) is 0 Å². The lowest BCUT2D eigenvalue weighted by molar-refractivity contribution is 0.0914. The van der Waals surface area contributed by atoms with Crippen molar-refractivity contribution in [3.63, 3.8) is 0 Å². The van der Waals surface area contributed by atoms with Crippen LogP contribution < -0.4 is 0 Å². The van der Waals surface area contributed by atoms with Gasteiger partial charge in [0.1, 0.15) is 0 Å². The highest BCUT2D eigenvalue weighted by Gasteiger charge is 2.28. The summed E-state index contributed by atoms with van der Waals surface area (Å²) in [6.45, 7) is 14.2. The van der Waals surface area contributed by atoms with E-state index in [0.717, 1.165) is 0 Å². The Labute approximate surface area is 148 Å². The van der Waals surface area contributed by atoms with Crippen molar-refractivity contribution in [3.8, 4) is 0 Å². The van der Waals surface area contributed by atoms with E-state index in [-0.39, 0.29) is 0 Å². The first kappa shape index (κ1) is 23.0. The molecule has 0 aliphatic heterocycles. The number of rotatable bonds is 17. The summed E-state index contributed by atoms with van der Waals surface area (Å²) >= 11 is 0. The highest BCUT2D eigenvalue weighted by molar-refractivity contribution is 4.85. The second kappa shape index (κ2) is 15.5. The molecule has 0 atom stereocenters. The topological polar surface area (TPSA) is 3.24 Å². The molecular formula is C22H47N. The maximum Gasteiger partial charge on any atom is 0.0181 e. The molecule has 0 aliphatic carbocycles. The average Bonchev–Trinajstić information content (AvgIpc) is 2.55. The van der Waals surface area contributed by atoms with Gasteiger partial charge in [-0.3, -0.25) is 4.90 Å². The van der Waals surface area contributed by atoms with Crippen LogP contribution in [0.5, 0.6) is 0 Å². The van der Waals surface area contributed by atoms with Gasteiger partial charge in [0.15, 0.2) is 0 Å². The molecule has 0 radical (unpaired) electrons. The van der Waals surface area contributed by atoms with Gasteiger partial charge >= 0.3 is 0 Å². The smallest absolute Gasteiger partial charge is 0.0181 e. The lowest BCUT2D eigenvalue weighted by atomic mass is 9.86. The Morgan fingerprint density at radius 1 is 0.522 bits per heavy atom. The molecule has 1 nitrogen and oxygen atoms in total. The molecule has 0 aromatic rings. The Morgan fingerprint density at radius 3 is 1.22 bits per heavy atom. The Kier molecular flexibility index (Phi) is 15.5. The van der Waals surface area contributed by atoms with Crippen LogP contribution in [-0.2, 0) is 0 Å². The molecule has 0 unspecified atom stereocenters. The maximum atomic E-state index is 2.73. The number of hydrogen-bond donors (Lipinski definition) is 0. The van der Waals surface area contributed by atoms with Crippen molar-refractivity contribution in [2.75, 3.05) is 13.1 Å². The van der Waals surface area contributed by atoms with Crippen molar-refractivity contribution in [1.82, 2.24) is 4.90 Å². The third-order valence-corrected chi connectivity index (χ3v) is 5.66. The molecule has 0 saturated carbocycles. The first-order valence-electron chi connectivity index (χ1n) is 10.9. The van der Waals surface area contributed by atoms with Gasteiger partial charge in [0, 0.05) is 5.54 Å². The fourth-order valence-electron chi connectivity index (χ4n) is 4.00. The molecule has 0 saturated heterocycles. The van der Waals surface area contributed by atoms with E-state index >= 15 is 0 Å². The summed E-state index contributed by atoms with van der Waals surface area (Å²) in [5, 5.41) is 0. The van der Waals surface area contributed by atoms with Gasteiger partial charge in [0.05, 0.1) is 0 Å². The first-order valence-corrected chi connectivity index (χ1v) is 10.9. The predicted molar refractivity (Wildman–Crippen MR) is 107 cm³/mol. The Balaban J connectivity index is 4.14. The lowest BCUT2D eigenvalue weighted by Gasteiger charge is -2.41. The summed E-state index contributed by atoms with van der Waals surface area (Å²) in [6.07, 6.45) is 19.8. The molecule has 0 N–H and O–H groups in total.